The number of benzene rings is 1. The number of para-hydroxylation sites is 2. The quantitative estimate of drug-likeness (QED) is 0.628. The van der Waals surface area contributed by atoms with Gasteiger partial charge in [0.1, 0.15) is 0 Å². The molecule has 66 valence electrons. The molecular weight excluding hydrogens is 172 g/mol. The van der Waals surface area contributed by atoms with E-state index in [2.05, 4.69) is 4.98 Å². The summed E-state index contributed by atoms with van der Waals surface area (Å²) in [5.74, 6) is 0. The molecule has 0 fully saturated rings. The highest BCUT2D eigenvalue weighted by molar-refractivity contribution is 5.85. The molecule has 0 aliphatic carbocycles. The maximum atomic E-state index is 11.1. The lowest BCUT2D eigenvalue weighted by molar-refractivity contribution is 0.196. The summed E-state index contributed by atoms with van der Waals surface area (Å²) < 4.78 is 0.676. The minimum absolute atomic E-state index is 0.375. The van der Waals surface area contributed by atoms with Crippen molar-refractivity contribution in [2.75, 3.05) is 0 Å². The molecule has 0 saturated heterocycles. The van der Waals surface area contributed by atoms with Gasteiger partial charge in [-0.2, -0.15) is 4.57 Å². The van der Waals surface area contributed by atoms with Gasteiger partial charge in [-0.25, -0.2) is 9.59 Å². The molecule has 2 aromatic rings. The zero-order valence-corrected chi connectivity index (χ0v) is 6.52. The largest absolute Gasteiger partial charge is 0.464 e. The van der Waals surface area contributed by atoms with Gasteiger partial charge in [0.2, 0.25) is 0 Å². The maximum Gasteiger partial charge on any atom is 0.420 e. The monoisotopic (exact) mass is 178 g/mol. The Bertz CT molecular complexity index is 523. The van der Waals surface area contributed by atoms with Gasteiger partial charge in [0.25, 0.3) is 0 Å². The third-order valence-electron chi connectivity index (χ3n) is 1.78. The van der Waals surface area contributed by atoms with E-state index in [1.807, 2.05) is 0 Å². The summed E-state index contributed by atoms with van der Waals surface area (Å²) in [6.07, 6.45) is -1.28. The highest BCUT2D eigenvalue weighted by Crippen LogP contribution is 2.07. The number of nitrogens with one attached hydrogen (secondary N) is 1. The molecule has 0 amide bonds. The predicted molar refractivity (Wildman–Crippen MR) is 46.0 cm³/mol. The summed E-state index contributed by atoms with van der Waals surface area (Å²) in [6, 6.07) is 6.62. The molecule has 2 rings (SSSR count). The van der Waals surface area contributed by atoms with E-state index in [9.17, 15) is 9.59 Å². The second-order valence-corrected chi connectivity index (χ2v) is 2.57. The number of aromatic nitrogens is 2. The Morgan fingerprint density at radius 1 is 1.38 bits per heavy atom. The van der Waals surface area contributed by atoms with Gasteiger partial charge < -0.3 is 10.1 Å². The third-order valence-corrected chi connectivity index (χ3v) is 1.78. The van der Waals surface area contributed by atoms with Crippen molar-refractivity contribution in [3.63, 3.8) is 0 Å². The highest BCUT2D eigenvalue weighted by Gasteiger charge is 2.10. The van der Waals surface area contributed by atoms with Gasteiger partial charge in [0, 0.05) is 0 Å². The lowest BCUT2D eigenvalue weighted by Gasteiger charge is -1.92. The molecule has 5 nitrogen and oxygen atoms in total. The zero-order chi connectivity index (χ0) is 9.42. The van der Waals surface area contributed by atoms with Crippen LogP contribution in [-0.2, 0) is 0 Å². The molecule has 0 spiro atoms. The van der Waals surface area contributed by atoms with E-state index in [1.165, 1.54) is 0 Å². The van der Waals surface area contributed by atoms with Crippen LogP contribution in [0.4, 0.5) is 4.79 Å². The first-order valence-corrected chi connectivity index (χ1v) is 3.63. The molecule has 0 aliphatic heterocycles. The van der Waals surface area contributed by atoms with Crippen LogP contribution in [-0.4, -0.2) is 20.8 Å². The molecule has 1 aromatic carbocycles. The Hall–Kier alpha value is -2.04. The zero-order valence-electron chi connectivity index (χ0n) is 6.52. The van der Waals surface area contributed by atoms with Gasteiger partial charge in [0.15, 0.2) is 0 Å². The summed E-state index contributed by atoms with van der Waals surface area (Å²) in [4.78, 5) is 24.2. The van der Waals surface area contributed by atoms with Gasteiger partial charge >= 0.3 is 11.8 Å². The van der Waals surface area contributed by atoms with Crippen LogP contribution < -0.4 is 5.69 Å². The fourth-order valence-corrected chi connectivity index (χ4v) is 1.24. The summed E-state index contributed by atoms with van der Waals surface area (Å²) in [7, 11) is 0. The minimum Gasteiger partial charge on any atom is -0.464 e. The average Bonchev–Trinajstić information content (AvgIpc) is 2.39. The van der Waals surface area contributed by atoms with Crippen molar-refractivity contribution in [2.45, 2.75) is 0 Å². The van der Waals surface area contributed by atoms with Crippen LogP contribution in [0.25, 0.3) is 11.0 Å². The minimum atomic E-state index is -1.28. The normalized spacial score (nSPS) is 10.5. The first kappa shape index (κ1) is 7.60. The molecule has 0 saturated carbocycles. The number of hydrogen-bond acceptors (Lipinski definition) is 2. The van der Waals surface area contributed by atoms with Crippen LogP contribution in [0.5, 0.6) is 0 Å². The van der Waals surface area contributed by atoms with Crippen LogP contribution in [0.1, 0.15) is 0 Å². The topological polar surface area (TPSA) is 75.1 Å². The number of nitrogens with zero attached hydrogens (tertiary/aromatic N) is 1. The number of fused-ring (bicyclic) bond motifs is 1. The Morgan fingerprint density at radius 2 is 2.08 bits per heavy atom. The maximum absolute atomic E-state index is 11.1. The Kier molecular flexibility index (Phi) is 1.45. The van der Waals surface area contributed by atoms with E-state index >= 15 is 0 Å². The van der Waals surface area contributed by atoms with E-state index in [-0.39, 0.29) is 0 Å². The third kappa shape index (κ3) is 1.01. The molecule has 0 aliphatic rings. The number of hydrogen-bond donors (Lipinski definition) is 2. The first-order valence-electron chi connectivity index (χ1n) is 3.63. The molecule has 0 atom stereocenters. The Balaban J connectivity index is 2.95. The van der Waals surface area contributed by atoms with Crippen molar-refractivity contribution >= 4 is 17.1 Å². The van der Waals surface area contributed by atoms with Crippen molar-refractivity contribution < 1.29 is 9.90 Å². The fourth-order valence-electron chi connectivity index (χ4n) is 1.24. The second-order valence-electron chi connectivity index (χ2n) is 2.57. The van der Waals surface area contributed by atoms with Crippen molar-refractivity contribution in [3.05, 3.63) is 34.7 Å². The van der Waals surface area contributed by atoms with E-state index < -0.39 is 11.8 Å². The Labute approximate surface area is 72.2 Å². The molecular formula is C8H6N2O3. The van der Waals surface area contributed by atoms with E-state index in [1.54, 1.807) is 24.3 Å². The summed E-state index contributed by atoms with van der Waals surface area (Å²) >= 11 is 0. The van der Waals surface area contributed by atoms with E-state index in [0.717, 1.165) is 0 Å². The second kappa shape index (κ2) is 2.48. The number of imidazole rings is 1. The van der Waals surface area contributed by atoms with Crippen molar-refractivity contribution in [1.82, 2.24) is 9.55 Å². The first-order chi connectivity index (χ1) is 6.20. The van der Waals surface area contributed by atoms with Gasteiger partial charge in [-0.1, -0.05) is 12.1 Å². The highest BCUT2D eigenvalue weighted by atomic mass is 16.4. The lowest BCUT2D eigenvalue weighted by atomic mass is 10.3. The molecule has 0 bridgehead atoms. The molecule has 0 radical (unpaired) electrons. The van der Waals surface area contributed by atoms with Crippen LogP contribution >= 0.6 is 0 Å². The van der Waals surface area contributed by atoms with Gasteiger partial charge in [-0.05, 0) is 12.1 Å². The van der Waals surface area contributed by atoms with Gasteiger partial charge in [-0.15, -0.1) is 0 Å². The number of H-pyrrole nitrogens is 1. The number of carboxylic acid groups (broad SMARTS) is 1. The van der Waals surface area contributed by atoms with Crippen molar-refractivity contribution in [3.8, 4) is 0 Å². The van der Waals surface area contributed by atoms with Crippen LogP contribution in [0, 0.1) is 0 Å². The summed E-state index contributed by atoms with van der Waals surface area (Å²) in [6.45, 7) is 0. The number of aromatic amines is 1. The molecule has 1 aromatic heterocycles. The predicted octanol–water partition coefficient (Wildman–Crippen LogP) is 0.856. The number of rotatable bonds is 0. The SMILES string of the molecule is O=C(O)n1c(=O)[nH]c2ccccc21. The summed E-state index contributed by atoms with van der Waals surface area (Å²) in [5.41, 5.74) is 0.267. The van der Waals surface area contributed by atoms with Gasteiger partial charge in [-0.3, -0.25) is 0 Å². The standard InChI is InChI=1S/C8H6N2O3/c11-7-9-5-3-1-2-4-6(5)10(7)8(12)13/h1-4H,(H,9,11)(H,12,13). The molecule has 5 heteroatoms. The lowest BCUT2D eigenvalue weighted by Crippen LogP contribution is -2.22. The van der Waals surface area contributed by atoms with Crippen molar-refractivity contribution in [2.24, 2.45) is 0 Å². The van der Waals surface area contributed by atoms with Crippen LogP contribution in [0.2, 0.25) is 0 Å². The van der Waals surface area contributed by atoms with E-state index in [0.29, 0.717) is 15.6 Å². The fraction of sp³-hybridized carbons (Fsp3) is 0. The Morgan fingerprint density at radius 3 is 2.77 bits per heavy atom. The molecule has 0 unspecified atom stereocenters. The smallest absolute Gasteiger partial charge is 0.420 e. The number of carbonyl (C=O) groups is 1. The van der Waals surface area contributed by atoms with Crippen molar-refractivity contribution in [1.29, 1.82) is 0 Å². The molecule has 2 N–H and O–H groups in total. The molecule has 1 heterocycles. The van der Waals surface area contributed by atoms with Crippen LogP contribution in [0.3, 0.4) is 0 Å². The van der Waals surface area contributed by atoms with Crippen LogP contribution in [0.15, 0.2) is 29.1 Å². The average molecular weight is 178 g/mol. The van der Waals surface area contributed by atoms with E-state index in [4.69, 9.17) is 5.11 Å². The molecule has 13 heavy (non-hydrogen) atoms. The summed E-state index contributed by atoms with van der Waals surface area (Å²) in [5, 5.41) is 8.70. The van der Waals surface area contributed by atoms with Gasteiger partial charge in [0.05, 0.1) is 11.0 Å².